The summed E-state index contributed by atoms with van der Waals surface area (Å²) in [7, 11) is -3.00. The number of hydrogen-bond acceptors (Lipinski definition) is 9. The first-order chi connectivity index (χ1) is 24.2. The zero-order valence-corrected chi connectivity index (χ0v) is 27.7. The SMILES string of the molecule is CCc1ncc(-c2ccc(S(=O)(=O)Nc3cc(F)c(C(=O)N[C@@H](Cc4ccc(NC(=O)c5cccn(C)c5=O)cc4)C(=O)O)cc3F)nc2)cn1. The van der Waals surface area contributed by atoms with E-state index in [1.54, 1.807) is 18.5 Å². The number of nitrogens with one attached hydrogen (secondary N) is 3. The van der Waals surface area contributed by atoms with E-state index in [0.29, 0.717) is 46.8 Å². The fourth-order valence-corrected chi connectivity index (χ4v) is 5.75. The number of carboxylic acids is 1. The molecule has 2 amide bonds. The Morgan fingerprint density at radius 1 is 0.882 bits per heavy atom. The maximum Gasteiger partial charge on any atom is 0.326 e. The fraction of sp³-hybridized carbons (Fsp3) is 0.147. The summed E-state index contributed by atoms with van der Waals surface area (Å²) < 4.78 is 59.1. The second kappa shape index (κ2) is 15.0. The molecule has 0 spiro atoms. The van der Waals surface area contributed by atoms with E-state index in [-0.39, 0.29) is 12.0 Å². The molecule has 51 heavy (non-hydrogen) atoms. The average molecular weight is 718 g/mol. The van der Waals surface area contributed by atoms with Gasteiger partial charge in [-0.3, -0.25) is 19.1 Å². The van der Waals surface area contributed by atoms with Gasteiger partial charge in [-0.05, 0) is 48.0 Å². The van der Waals surface area contributed by atoms with Gasteiger partial charge in [0.1, 0.15) is 29.1 Å². The van der Waals surface area contributed by atoms with Gasteiger partial charge < -0.3 is 20.3 Å². The van der Waals surface area contributed by atoms with Gasteiger partial charge in [0.15, 0.2) is 5.03 Å². The molecule has 2 aromatic carbocycles. The van der Waals surface area contributed by atoms with E-state index in [0.717, 1.165) is 6.07 Å². The Bertz CT molecular complexity index is 2280. The summed E-state index contributed by atoms with van der Waals surface area (Å²) in [5, 5.41) is 13.9. The third kappa shape index (κ3) is 8.45. The zero-order valence-electron chi connectivity index (χ0n) is 26.9. The molecule has 262 valence electrons. The second-order valence-electron chi connectivity index (χ2n) is 11.1. The molecule has 0 aliphatic rings. The van der Waals surface area contributed by atoms with E-state index in [1.165, 1.54) is 60.4 Å². The van der Waals surface area contributed by atoms with Crippen molar-refractivity contribution in [1.82, 2.24) is 24.8 Å². The van der Waals surface area contributed by atoms with Crippen LogP contribution in [0.1, 0.15) is 39.0 Å². The Morgan fingerprint density at radius 2 is 1.57 bits per heavy atom. The molecule has 14 nitrogen and oxygen atoms in total. The van der Waals surface area contributed by atoms with E-state index < -0.39 is 67.3 Å². The van der Waals surface area contributed by atoms with E-state index in [1.807, 2.05) is 11.6 Å². The number of carboxylic acid groups (broad SMARTS) is 1. The van der Waals surface area contributed by atoms with Crippen LogP contribution in [-0.2, 0) is 34.7 Å². The topological polar surface area (TPSA) is 202 Å². The molecule has 5 rings (SSSR count). The van der Waals surface area contributed by atoms with Gasteiger partial charge in [0.05, 0.1) is 11.3 Å². The van der Waals surface area contributed by atoms with Gasteiger partial charge >= 0.3 is 5.97 Å². The smallest absolute Gasteiger partial charge is 0.326 e. The standard InChI is InChI=1S/C34H29F2N7O7S/c1-3-29-37-17-21(18-38-29)20-8-11-30(39-16-20)51(49,50)42-27-15-25(35)24(14-26(27)36)32(45)41-28(34(47)48)13-19-6-9-22(10-7-19)40-31(44)23-5-4-12-43(2)33(23)46/h4-12,14-18,28,42H,3,13H2,1-2H3,(H,40,44)(H,41,45)(H,47,48)/t28-/m0/s1. The molecule has 1 atom stereocenters. The van der Waals surface area contributed by atoms with Crippen LogP contribution in [-0.4, -0.2) is 56.9 Å². The molecule has 4 N–H and O–H groups in total. The Morgan fingerprint density at radius 3 is 2.20 bits per heavy atom. The monoisotopic (exact) mass is 717 g/mol. The van der Waals surface area contributed by atoms with Crippen molar-refractivity contribution in [2.75, 3.05) is 10.0 Å². The molecular weight excluding hydrogens is 688 g/mol. The highest BCUT2D eigenvalue weighted by Gasteiger charge is 2.26. The normalized spacial score (nSPS) is 11.8. The van der Waals surface area contributed by atoms with Crippen LogP contribution in [0, 0.1) is 11.6 Å². The predicted molar refractivity (Wildman–Crippen MR) is 180 cm³/mol. The molecule has 5 aromatic rings. The number of carbonyl (C=O) groups is 3. The summed E-state index contributed by atoms with van der Waals surface area (Å²) in [5.74, 6) is -5.41. The number of aromatic nitrogens is 4. The number of carbonyl (C=O) groups excluding carboxylic acids is 2. The summed E-state index contributed by atoms with van der Waals surface area (Å²) >= 11 is 0. The third-order valence-corrected chi connectivity index (χ3v) is 8.82. The Balaban J connectivity index is 1.24. The number of sulfonamides is 1. The number of halogens is 2. The van der Waals surface area contributed by atoms with Crippen LogP contribution in [0.25, 0.3) is 11.1 Å². The first-order valence-corrected chi connectivity index (χ1v) is 16.6. The molecule has 0 unspecified atom stereocenters. The third-order valence-electron chi connectivity index (χ3n) is 7.54. The van der Waals surface area contributed by atoms with Gasteiger partial charge in [-0.2, -0.15) is 8.42 Å². The van der Waals surface area contributed by atoms with Gasteiger partial charge in [-0.1, -0.05) is 19.1 Å². The lowest BCUT2D eigenvalue weighted by atomic mass is 10.0. The molecule has 17 heteroatoms. The summed E-state index contributed by atoms with van der Waals surface area (Å²) in [6.45, 7) is 1.89. The van der Waals surface area contributed by atoms with E-state index in [4.69, 9.17) is 0 Å². The number of rotatable bonds is 12. The minimum Gasteiger partial charge on any atom is -0.480 e. The average Bonchev–Trinajstić information content (AvgIpc) is 3.11. The minimum absolute atomic E-state index is 0.0840. The van der Waals surface area contributed by atoms with Crippen LogP contribution >= 0.6 is 0 Å². The number of hydrogen-bond donors (Lipinski definition) is 4. The fourth-order valence-electron chi connectivity index (χ4n) is 4.76. The molecule has 3 heterocycles. The molecule has 0 saturated carbocycles. The Labute approximate surface area is 289 Å². The zero-order chi connectivity index (χ0) is 36.9. The molecule has 3 aromatic heterocycles. The number of nitrogens with zero attached hydrogens (tertiary/aromatic N) is 4. The first kappa shape index (κ1) is 35.9. The highest BCUT2D eigenvalue weighted by Crippen LogP contribution is 2.24. The van der Waals surface area contributed by atoms with Gasteiger partial charge in [0.25, 0.3) is 27.4 Å². The maximum absolute atomic E-state index is 15.1. The predicted octanol–water partition coefficient (Wildman–Crippen LogP) is 3.56. The van der Waals surface area contributed by atoms with Gasteiger partial charge in [0.2, 0.25) is 0 Å². The van der Waals surface area contributed by atoms with E-state index >= 15 is 8.78 Å². The number of aliphatic carboxylic acids is 1. The maximum atomic E-state index is 15.1. The van der Waals surface area contributed by atoms with Crippen molar-refractivity contribution >= 4 is 39.2 Å². The molecule has 0 aliphatic carbocycles. The van der Waals surface area contributed by atoms with Crippen molar-refractivity contribution in [3.05, 3.63) is 130 Å². The highest BCUT2D eigenvalue weighted by atomic mass is 32.2. The number of anilines is 2. The van der Waals surface area contributed by atoms with E-state index in [2.05, 4.69) is 25.6 Å². The lowest BCUT2D eigenvalue weighted by Gasteiger charge is -2.16. The number of benzene rings is 2. The van der Waals surface area contributed by atoms with Crippen molar-refractivity contribution in [3.63, 3.8) is 0 Å². The van der Waals surface area contributed by atoms with Gasteiger partial charge in [-0.25, -0.2) is 28.5 Å². The van der Waals surface area contributed by atoms with E-state index in [9.17, 15) is 32.7 Å². The van der Waals surface area contributed by atoms with Crippen molar-refractivity contribution in [3.8, 4) is 11.1 Å². The highest BCUT2D eigenvalue weighted by molar-refractivity contribution is 7.92. The molecule has 0 radical (unpaired) electrons. The summed E-state index contributed by atoms with van der Waals surface area (Å²) in [5.41, 5.74) is -0.457. The minimum atomic E-state index is -4.50. The van der Waals surface area contributed by atoms with Gasteiger partial charge in [-0.15, -0.1) is 0 Å². The molecular formula is C34H29F2N7O7S. The van der Waals surface area contributed by atoms with Crippen LogP contribution < -0.4 is 20.9 Å². The molecule has 0 aliphatic heterocycles. The number of amides is 2. The van der Waals surface area contributed by atoms with Gasteiger partial charge in [0, 0.05) is 67.6 Å². The summed E-state index contributed by atoms with van der Waals surface area (Å²) in [6.07, 6.45) is 6.23. The van der Waals surface area contributed by atoms with Crippen LogP contribution in [0.5, 0.6) is 0 Å². The van der Waals surface area contributed by atoms with Crippen molar-refractivity contribution in [2.45, 2.75) is 30.8 Å². The van der Waals surface area contributed by atoms with Crippen molar-refractivity contribution in [1.29, 1.82) is 0 Å². The molecule has 0 fully saturated rings. The summed E-state index contributed by atoms with van der Waals surface area (Å²) in [6, 6.07) is 10.7. The quantitative estimate of drug-likeness (QED) is 0.148. The molecule has 0 bridgehead atoms. The number of pyridine rings is 2. The Hall–Kier alpha value is -6.36. The van der Waals surface area contributed by atoms with Crippen LogP contribution in [0.3, 0.4) is 0 Å². The lowest BCUT2D eigenvalue weighted by molar-refractivity contribution is -0.139. The van der Waals surface area contributed by atoms with Crippen LogP contribution in [0.4, 0.5) is 20.2 Å². The number of aryl methyl sites for hydroxylation is 2. The summed E-state index contributed by atoms with van der Waals surface area (Å²) in [4.78, 5) is 61.8. The second-order valence-corrected chi connectivity index (χ2v) is 12.7. The largest absolute Gasteiger partial charge is 0.480 e. The molecule has 0 saturated heterocycles. The lowest BCUT2D eigenvalue weighted by Crippen LogP contribution is -2.42. The van der Waals surface area contributed by atoms with Crippen molar-refractivity contribution < 1.29 is 36.7 Å². The first-order valence-electron chi connectivity index (χ1n) is 15.1. The van der Waals surface area contributed by atoms with Crippen LogP contribution in [0.2, 0.25) is 0 Å². The van der Waals surface area contributed by atoms with Crippen LogP contribution in [0.15, 0.2) is 95.3 Å². The van der Waals surface area contributed by atoms with Crippen molar-refractivity contribution in [2.24, 2.45) is 7.05 Å². The Kier molecular flexibility index (Phi) is 10.6.